The Balaban J connectivity index is 3.67. The van der Waals surface area contributed by atoms with E-state index in [1.807, 2.05) is 26.0 Å². The van der Waals surface area contributed by atoms with Crippen LogP contribution >= 0.6 is 48.8 Å². The molecule has 0 spiro atoms. The normalized spacial score (nSPS) is 15.1. The van der Waals surface area contributed by atoms with E-state index in [1.54, 1.807) is 23.5 Å². The largest absolute Gasteiger partial charge is 0.481 e. The maximum atomic E-state index is 10.4. The van der Waals surface area contributed by atoms with E-state index >= 15 is 0 Å². The van der Waals surface area contributed by atoms with Crippen LogP contribution in [0.3, 0.4) is 0 Å². The summed E-state index contributed by atoms with van der Waals surface area (Å²) in [4.78, 5) is 14.5. The predicted molar refractivity (Wildman–Crippen MR) is 88.8 cm³/mol. The summed E-state index contributed by atoms with van der Waals surface area (Å²) >= 11 is 12.4. The zero-order valence-corrected chi connectivity index (χ0v) is 14.4. The second-order valence-corrected chi connectivity index (χ2v) is 8.22. The molecule has 0 aliphatic heterocycles. The van der Waals surface area contributed by atoms with Crippen molar-refractivity contribution in [1.29, 1.82) is 0 Å². The fourth-order valence-electron chi connectivity index (χ4n) is 1.03. The van der Waals surface area contributed by atoms with Crippen molar-refractivity contribution >= 4 is 54.8 Å². The molecule has 0 bridgehead atoms. The van der Waals surface area contributed by atoms with Gasteiger partial charge in [0.25, 0.3) is 0 Å². The van der Waals surface area contributed by atoms with Crippen LogP contribution in [0.4, 0.5) is 0 Å². The maximum Gasteiger partial charge on any atom is 0.303 e. The lowest BCUT2D eigenvalue weighted by atomic mass is 10.3. The zero-order valence-electron chi connectivity index (χ0n) is 10.9. The van der Waals surface area contributed by atoms with Crippen molar-refractivity contribution in [3.63, 3.8) is 0 Å². The minimum absolute atomic E-state index is 0.0917. The van der Waals surface area contributed by atoms with Gasteiger partial charge in [-0.3, -0.25) is 14.6 Å². The lowest BCUT2D eigenvalue weighted by Gasteiger charge is -2.24. The molecule has 18 heavy (non-hydrogen) atoms. The topological polar surface area (TPSA) is 43.8 Å². The van der Waals surface area contributed by atoms with Crippen LogP contribution in [0.1, 0.15) is 12.8 Å². The molecular weight excluding hydrogens is 308 g/mol. The highest BCUT2D eigenvalue weighted by atomic mass is 32.2. The average molecular weight is 331 g/mol. The molecule has 1 N–H and O–H groups in total. The van der Waals surface area contributed by atoms with Crippen molar-refractivity contribution in [3.05, 3.63) is 0 Å². The summed E-state index contributed by atoms with van der Waals surface area (Å²) < 4.78 is 0.282. The molecule has 0 aliphatic carbocycles. The fraction of sp³-hybridized carbons (Fsp3) is 0.900. The van der Waals surface area contributed by atoms with E-state index in [2.05, 4.69) is 30.2 Å². The van der Waals surface area contributed by atoms with Gasteiger partial charge in [0.1, 0.15) is 9.41 Å². The lowest BCUT2D eigenvalue weighted by Crippen LogP contribution is -2.26. The van der Waals surface area contributed by atoms with E-state index in [0.29, 0.717) is 6.42 Å². The number of aliphatic carboxylic acids is 1. The van der Waals surface area contributed by atoms with E-state index in [4.69, 9.17) is 5.11 Å². The van der Waals surface area contributed by atoms with E-state index in [1.165, 1.54) is 0 Å². The van der Waals surface area contributed by atoms with Crippen molar-refractivity contribution in [2.75, 3.05) is 32.8 Å². The highest BCUT2D eigenvalue weighted by Crippen LogP contribution is 2.27. The van der Waals surface area contributed by atoms with E-state index in [0.717, 1.165) is 11.6 Å². The van der Waals surface area contributed by atoms with Gasteiger partial charge < -0.3 is 5.11 Å². The van der Waals surface area contributed by atoms with Crippen molar-refractivity contribution in [2.45, 2.75) is 22.3 Å². The molecule has 0 aromatic carbocycles. The summed E-state index contributed by atoms with van der Waals surface area (Å²) in [5.74, 6) is -0.744. The number of carboxylic acid groups (broad SMARTS) is 1. The molecule has 8 heteroatoms. The van der Waals surface area contributed by atoms with Gasteiger partial charge in [-0.05, 0) is 27.6 Å². The summed E-state index contributed by atoms with van der Waals surface area (Å²) in [7, 11) is 5.94. The average Bonchev–Trinajstić information content (AvgIpc) is 2.27. The molecule has 0 saturated heterocycles. The molecule has 0 rings (SSSR count). The zero-order chi connectivity index (χ0) is 14.1. The van der Waals surface area contributed by atoms with Crippen LogP contribution in [-0.4, -0.2) is 63.1 Å². The smallest absolute Gasteiger partial charge is 0.303 e. The van der Waals surface area contributed by atoms with Gasteiger partial charge >= 0.3 is 5.97 Å². The Hall–Kier alpha value is 0.790. The second-order valence-electron chi connectivity index (χ2n) is 4.05. The number of rotatable bonds is 10. The van der Waals surface area contributed by atoms with Crippen molar-refractivity contribution in [3.8, 4) is 0 Å². The Labute approximate surface area is 129 Å². The summed E-state index contributed by atoms with van der Waals surface area (Å²) in [5, 5.41) is 9.47. The van der Waals surface area contributed by atoms with Gasteiger partial charge in [-0.25, -0.2) is 0 Å². The molecule has 4 nitrogen and oxygen atoms in total. The van der Waals surface area contributed by atoms with Gasteiger partial charge in [-0.15, -0.1) is 48.8 Å². The molecule has 108 valence electrons. The van der Waals surface area contributed by atoms with Gasteiger partial charge in [0.05, 0.1) is 0 Å². The van der Waals surface area contributed by atoms with Crippen LogP contribution in [0.15, 0.2) is 0 Å². The second kappa shape index (κ2) is 10.6. The number of hydrogen-bond donors (Lipinski definition) is 3. The lowest BCUT2D eigenvalue weighted by molar-refractivity contribution is -0.137. The third-order valence-electron chi connectivity index (χ3n) is 2.15. The Kier molecular flexibility index (Phi) is 11.0. The van der Waals surface area contributed by atoms with Crippen LogP contribution in [-0.2, 0) is 4.79 Å². The molecule has 2 atom stereocenters. The van der Waals surface area contributed by atoms with Gasteiger partial charge in [0, 0.05) is 18.1 Å². The molecule has 0 amide bonds. The Morgan fingerprint density at radius 2 is 1.78 bits per heavy atom. The summed E-state index contributed by atoms with van der Waals surface area (Å²) in [6, 6.07) is 0. The van der Waals surface area contributed by atoms with Gasteiger partial charge in [-0.1, -0.05) is 0 Å². The number of nitrogens with zero attached hydrogens (tertiary/aromatic N) is 2. The SMILES string of the molecule is CN(C)C(S)SCSC(S)N(C)CCCC(=O)O. The van der Waals surface area contributed by atoms with Crippen LogP contribution in [0.25, 0.3) is 0 Å². The van der Waals surface area contributed by atoms with Crippen LogP contribution in [0.5, 0.6) is 0 Å². The molecule has 0 heterocycles. The molecule has 0 aliphatic rings. The van der Waals surface area contributed by atoms with Gasteiger partial charge in [-0.2, -0.15) is 0 Å². The first-order valence-electron chi connectivity index (χ1n) is 5.52. The highest BCUT2D eigenvalue weighted by molar-refractivity contribution is 8.23. The summed E-state index contributed by atoms with van der Waals surface area (Å²) in [6.07, 6.45) is 0.868. The van der Waals surface area contributed by atoms with Crippen molar-refractivity contribution in [1.82, 2.24) is 9.80 Å². The fourth-order valence-corrected chi connectivity index (χ4v) is 4.18. The maximum absolute atomic E-state index is 10.4. The summed E-state index contributed by atoms with van der Waals surface area (Å²) in [5.41, 5.74) is 0. The van der Waals surface area contributed by atoms with E-state index in [-0.39, 0.29) is 15.8 Å². The molecular formula is C10H22N2O2S4. The monoisotopic (exact) mass is 330 g/mol. The minimum Gasteiger partial charge on any atom is -0.481 e. The Morgan fingerprint density at radius 3 is 2.28 bits per heavy atom. The van der Waals surface area contributed by atoms with E-state index < -0.39 is 5.97 Å². The van der Waals surface area contributed by atoms with Crippen molar-refractivity contribution < 1.29 is 9.90 Å². The van der Waals surface area contributed by atoms with Crippen LogP contribution in [0.2, 0.25) is 0 Å². The van der Waals surface area contributed by atoms with E-state index in [9.17, 15) is 4.79 Å². The number of thiol groups is 2. The first-order chi connectivity index (χ1) is 8.34. The third-order valence-corrected chi connectivity index (χ3v) is 6.37. The van der Waals surface area contributed by atoms with Crippen LogP contribution < -0.4 is 0 Å². The molecule has 0 fully saturated rings. The summed E-state index contributed by atoms with van der Waals surface area (Å²) in [6.45, 7) is 0.746. The number of carbonyl (C=O) groups is 1. The number of carboxylic acids is 1. The molecule has 0 radical (unpaired) electrons. The Bertz CT molecular complexity index is 244. The number of thioether (sulfide) groups is 2. The quantitative estimate of drug-likeness (QED) is 0.422. The van der Waals surface area contributed by atoms with Gasteiger partial charge in [0.2, 0.25) is 0 Å². The predicted octanol–water partition coefficient (Wildman–Crippen LogP) is 2.20. The first kappa shape index (κ1) is 18.8. The highest BCUT2D eigenvalue weighted by Gasteiger charge is 2.12. The molecule has 0 aromatic heterocycles. The molecule has 0 aromatic rings. The standard InChI is InChI=1S/C10H22N2O2S4/c1-11(2)9(15)17-7-18-10(16)12(3)6-4-5-8(13)14/h9-10,15-16H,4-7H2,1-3H3,(H,13,14). The third kappa shape index (κ3) is 9.69. The molecule has 2 unspecified atom stereocenters. The number of hydrogen-bond acceptors (Lipinski definition) is 7. The molecule has 0 saturated carbocycles. The first-order valence-corrected chi connectivity index (χ1v) is 8.65. The Morgan fingerprint density at radius 1 is 1.22 bits per heavy atom. The van der Waals surface area contributed by atoms with Crippen LogP contribution in [0, 0.1) is 0 Å². The van der Waals surface area contributed by atoms with Gasteiger partial charge in [0.15, 0.2) is 0 Å². The van der Waals surface area contributed by atoms with Crippen molar-refractivity contribution in [2.24, 2.45) is 0 Å². The minimum atomic E-state index is -0.744.